The summed E-state index contributed by atoms with van der Waals surface area (Å²) in [6.07, 6.45) is 1.03. The minimum atomic E-state index is -3.36. The van der Waals surface area contributed by atoms with Crippen LogP contribution in [-0.2, 0) is 20.5 Å². The fourth-order valence-corrected chi connectivity index (χ4v) is 4.13. The van der Waals surface area contributed by atoms with E-state index >= 15 is 0 Å². The van der Waals surface area contributed by atoms with E-state index in [4.69, 9.17) is 9.47 Å². The summed E-state index contributed by atoms with van der Waals surface area (Å²) in [4.78, 5) is 2.16. The highest BCUT2D eigenvalue weighted by molar-refractivity contribution is 7.88. The van der Waals surface area contributed by atoms with Gasteiger partial charge in [-0.25, -0.2) is 12.7 Å². The lowest BCUT2D eigenvalue weighted by atomic mass is 10.2. The molecule has 6 nitrogen and oxygen atoms in total. The van der Waals surface area contributed by atoms with Crippen LogP contribution in [0.1, 0.15) is 12.0 Å². The minimum absolute atomic E-state index is 0.0230. The van der Waals surface area contributed by atoms with E-state index in [1.807, 2.05) is 7.05 Å². The summed E-state index contributed by atoms with van der Waals surface area (Å²) in [5.74, 6) is 0.643. The third kappa shape index (κ3) is 4.67. The molecule has 0 amide bonds. The molecule has 0 N–H and O–H groups in total. The quantitative estimate of drug-likeness (QED) is 0.745. The van der Waals surface area contributed by atoms with Crippen molar-refractivity contribution in [2.75, 3.05) is 41.4 Å². The average molecular weight is 342 g/mol. The van der Waals surface area contributed by atoms with Crippen molar-refractivity contribution in [3.8, 4) is 5.75 Å². The summed E-state index contributed by atoms with van der Waals surface area (Å²) in [5, 5.41) is 0. The molecule has 0 spiro atoms. The minimum Gasteiger partial charge on any atom is -0.497 e. The number of rotatable bonds is 7. The van der Waals surface area contributed by atoms with Gasteiger partial charge in [0.25, 0.3) is 0 Å². The highest BCUT2D eigenvalue weighted by Crippen LogP contribution is 2.21. The average Bonchev–Trinajstić information content (AvgIpc) is 2.87. The number of methoxy groups -OCH3 is 2. The van der Waals surface area contributed by atoms with Gasteiger partial charge < -0.3 is 9.47 Å². The van der Waals surface area contributed by atoms with Crippen LogP contribution >= 0.6 is 0 Å². The van der Waals surface area contributed by atoms with Crippen LogP contribution < -0.4 is 4.74 Å². The largest absolute Gasteiger partial charge is 0.497 e. The molecule has 2 rings (SSSR count). The third-order valence-corrected chi connectivity index (χ3v) is 6.21. The van der Waals surface area contributed by atoms with Gasteiger partial charge in [-0.05, 0) is 31.2 Å². The number of likely N-dealkylation sites (tertiary alicyclic amines) is 1. The van der Waals surface area contributed by atoms with Crippen LogP contribution in [0.25, 0.3) is 0 Å². The maximum Gasteiger partial charge on any atom is 0.218 e. The maximum absolute atomic E-state index is 12.6. The number of benzene rings is 1. The van der Waals surface area contributed by atoms with Gasteiger partial charge in [0.15, 0.2) is 0 Å². The van der Waals surface area contributed by atoms with Crippen molar-refractivity contribution in [1.29, 1.82) is 0 Å². The van der Waals surface area contributed by atoms with Gasteiger partial charge in [-0.15, -0.1) is 0 Å². The molecule has 7 heteroatoms. The van der Waals surface area contributed by atoms with Crippen molar-refractivity contribution in [3.63, 3.8) is 0 Å². The van der Waals surface area contributed by atoms with Crippen molar-refractivity contribution in [2.45, 2.75) is 24.3 Å². The zero-order valence-electron chi connectivity index (χ0n) is 14.2. The predicted octanol–water partition coefficient (Wildman–Crippen LogP) is 1.18. The molecule has 0 aliphatic carbocycles. The first-order valence-electron chi connectivity index (χ1n) is 7.65. The SMILES string of the molecule is COc1cccc(CS(=O)(=O)N(C)C[C@@H]2C[C@H](OC)CN2C)c1. The summed E-state index contributed by atoms with van der Waals surface area (Å²) in [6.45, 7) is 1.31. The molecule has 2 atom stereocenters. The van der Waals surface area contributed by atoms with Gasteiger partial charge in [-0.3, -0.25) is 4.90 Å². The monoisotopic (exact) mass is 342 g/mol. The molecule has 23 heavy (non-hydrogen) atoms. The molecule has 0 unspecified atom stereocenters. The Labute approximate surface area is 139 Å². The standard InChI is InChI=1S/C16H26N2O4S/c1-17-11-16(22-4)9-14(17)10-18(2)23(19,20)12-13-6-5-7-15(8-13)21-3/h5-8,14,16H,9-12H2,1-4H3/t14-,16-/m0/s1. The third-order valence-electron chi connectivity index (χ3n) is 4.41. The molecule has 1 aromatic rings. The molecule has 0 saturated carbocycles. The topological polar surface area (TPSA) is 59.1 Å². The summed E-state index contributed by atoms with van der Waals surface area (Å²) in [5.41, 5.74) is 0.728. The summed E-state index contributed by atoms with van der Waals surface area (Å²) in [7, 11) is 3.56. The smallest absolute Gasteiger partial charge is 0.218 e. The van der Waals surface area contributed by atoms with Crippen molar-refractivity contribution in [2.24, 2.45) is 0 Å². The molecule has 1 aromatic carbocycles. The van der Waals surface area contributed by atoms with Crippen molar-refractivity contribution in [3.05, 3.63) is 29.8 Å². The fraction of sp³-hybridized carbons (Fsp3) is 0.625. The van der Waals surface area contributed by atoms with Crippen LogP contribution in [-0.4, -0.2) is 71.2 Å². The van der Waals surface area contributed by atoms with Gasteiger partial charge in [0.05, 0.1) is 19.0 Å². The number of ether oxygens (including phenoxy) is 2. The molecule has 1 aliphatic heterocycles. The number of sulfonamides is 1. The van der Waals surface area contributed by atoms with Crippen LogP contribution in [0.4, 0.5) is 0 Å². The summed E-state index contributed by atoms with van der Waals surface area (Å²) < 4.78 is 37.1. The van der Waals surface area contributed by atoms with Crippen molar-refractivity contribution < 1.29 is 17.9 Å². The van der Waals surface area contributed by atoms with Gasteiger partial charge >= 0.3 is 0 Å². The first-order valence-corrected chi connectivity index (χ1v) is 9.26. The van der Waals surface area contributed by atoms with Crippen molar-refractivity contribution in [1.82, 2.24) is 9.21 Å². The van der Waals surface area contributed by atoms with Gasteiger partial charge in [0, 0.05) is 33.3 Å². The molecule has 0 radical (unpaired) electrons. The Morgan fingerprint density at radius 3 is 2.70 bits per heavy atom. The highest BCUT2D eigenvalue weighted by atomic mass is 32.2. The van der Waals surface area contributed by atoms with Crippen LogP contribution in [0.2, 0.25) is 0 Å². The molecule has 0 bridgehead atoms. The lowest BCUT2D eigenvalue weighted by Crippen LogP contribution is -2.39. The van der Waals surface area contributed by atoms with Gasteiger partial charge in [0.1, 0.15) is 5.75 Å². The Balaban J connectivity index is 2.01. The van der Waals surface area contributed by atoms with Gasteiger partial charge in [-0.1, -0.05) is 12.1 Å². The predicted molar refractivity (Wildman–Crippen MR) is 90.1 cm³/mol. The van der Waals surface area contributed by atoms with E-state index in [1.165, 1.54) is 4.31 Å². The zero-order chi connectivity index (χ0) is 17.0. The molecule has 1 aliphatic rings. The Morgan fingerprint density at radius 1 is 1.35 bits per heavy atom. The second-order valence-electron chi connectivity index (χ2n) is 6.08. The van der Waals surface area contributed by atoms with E-state index in [1.54, 1.807) is 45.5 Å². The van der Waals surface area contributed by atoms with Crippen molar-refractivity contribution >= 4 is 10.0 Å². The Morgan fingerprint density at radius 2 is 2.09 bits per heavy atom. The lowest BCUT2D eigenvalue weighted by Gasteiger charge is -2.25. The molecular formula is C16H26N2O4S. The second-order valence-corrected chi connectivity index (χ2v) is 8.15. The van der Waals surface area contributed by atoms with Gasteiger partial charge in [-0.2, -0.15) is 0 Å². The number of likely N-dealkylation sites (N-methyl/N-ethyl adjacent to an activating group) is 2. The molecule has 1 saturated heterocycles. The number of hydrogen-bond acceptors (Lipinski definition) is 5. The van der Waals surface area contributed by atoms with Crippen LogP contribution in [0, 0.1) is 0 Å². The van der Waals surface area contributed by atoms with Crippen LogP contribution in [0.15, 0.2) is 24.3 Å². The molecule has 130 valence electrons. The van der Waals surface area contributed by atoms with E-state index in [0.29, 0.717) is 12.3 Å². The highest BCUT2D eigenvalue weighted by Gasteiger charge is 2.32. The first-order chi connectivity index (χ1) is 10.9. The van der Waals surface area contributed by atoms with E-state index in [0.717, 1.165) is 18.5 Å². The molecule has 1 fully saturated rings. The number of nitrogens with zero attached hydrogens (tertiary/aromatic N) is 2. The molecular weight excluding hydrogens is 316 g/mol. The Kier molecular flexibility index (Phi) is 6.02. The van der Waals surface area contributed by atoms with E-state index in [9.17, 15) is 8.42 Å². The normalized spacial score (nSPS) is 22.7. The van der Waals surface area contributed by atoms with Crippen LogP contribution in [0.3, 0.4) is 0 Å². The van der Waals surface area contributed by atoms with Gasteiger partial charge in [0.2, 0.25) is 10.0 Å². The lowest BCUT2D eigenvalue weighted by molar-refractivity contribution is 0.111. The van der Waals surface area contributed by atoms with Crippen LogP contribution in [0.5, 0.6) is 5.75 Å². The molecule has 1 heterocycles. The Hall–Kier alpha value is -1.15. The Bertz CT molecular complexity index is 620. The van der Waals surface area contributed by atoms with E-state index < -0.39 is 10.0 Å². The van der Waals surface area contributed by atoms with E-state index in [2.05, 4.69) is 4.90 Å². The fourth-order valence-electron chi connectivity index (χ4n) is 2.91. The van der Waals surface area contributed by atoms with E-state index in [-0.39, 0.29) is 17.9 Å². The summed E-state index contributed by atoms with van der Waals surface area (Å²) >= 11 is 0. The maximum atomic E-state index is 12.6. The zero-order valence-corrected chi connectivity index (χ0v) is 15.0. The molecule has 0 aromatic heterocycles. The summed E-state index contributed by atoms with van der Waals surface area (Å²) in [6, 6.07) is 7.35. The second kappa shape index (κ2) is 7.61. The first kappa shape index (κ1) is 18.2. The number of hydrogen-bond donors (Lipinski definition) is 0.